The van der Waals surface area contributed by atoms with Crippen molar-refractivity contribution in [2.24, 2.45) is 5.73 Å². The van der Waals surface area contributed by atoms with E-state index in [-0.39, 0.29) is 12.5 Å². The number of unbranched alkanes of at least 4 members (excludes halogenated alkanes) is 2. The molecule has 0 saturated carbocycles. The van der Waals surface area contributed by atoms with Crippen LogP contribution < -0.4 is 11.1 Å². The van der Waals surface area contributed by atoms with Gasteiger partial charge in [-0.15, -0.1) is 0 Å². The number of ether oxygens (including phenoxy) is 3. The standard InChI is InChI=1S/C10H23NO2.C6H12O4.C2H5NO/c1-3-4-5-7-12-9-10-13-8-6-11-2;7-3-5-6(9)4(8)1-2-10-5;1-2(3)4/h11H,3-10H2,1-2H3;4-9H,1-3H2;1H3,(H2,3,4). The van der Waals surface area contributed by atoms with Crippen LogP contribution in [-0.4, -0.2) is 92.8 Å². The first kappa shape index (κ1) is 28.4. The SMILES string of the molecule is CC(N)=O.CCCCCOCCOCCNC.OCC1OCCC(O)C1O. The monoisotopic (exact) mass is 396 g/mol. The summed E-state index contributed by atoms with van der Waals surface area (Å²) in [6, 6.07) is 0. The lowest BCUT2D eigenvalue weighted by molar-refractivity contribution is -0.147. The van der Waals surface area contributed by atoms with Gasteiger partial charge in [0.05, 0.1) is 32.5 Å². The Balaban J connectivity index is 0. The van der Waals surface area contributed by atoms with E-state index < -0.39 is 18.3 Å². The van der Waals surface area contributed by atoms with E-state index in [0.717, 1.165) is 26.4 Å². The average Bonchev–Trinajstić information content (AvgIpc) is 2.63. The van der Waals surface area contributed by atoms with Crippen LogP contribution in [0.2, 0.25) is 0 Å². The Morgan fingerprint density at radius 2 is 1.78 bits per heavy atom. The summed E-state index contributed by atoms with van der Waals surface area (Å²) in [6.07, 6.45) is 1.85. The number of carbonyl (C=O) groups is 1. The number of aliphatic hydroxyl groups is 3. The molecule has 9 nitrogen and oxygen atoms in total. The summed E-state index contributed by atoms with van der Waals surface area (Å²) >= 11 is 0. The number of hydrogen-bond acceptors (Lipinski definition) is 8. The van der Waals surface area contributed by atoms with Crippen molar-refractivity contribution < 1.29 is 34.3 Å². The molecular weight excluding hydrogens is 356 g/mol. The van der Waals surface area contributed by atoms with Crippen molar-refractivity contribution in [3.8, 4) is 0 Å². The highest BCUT2D eigenvalue weighted by atomic mass is 16.5. The lowest BCUT2D eigenvalue weighted by Crippen LogP contribution is -2.46. The second-order valence-electron chi connectivity index (χ2n) is 6.08. The number of carbonyl (C=O) groups excluding carboxylic acids is 1. The maximum Gasteiger partial charge on any atom is 0.214 e. The molecule has 6 N–H and O–H groups in total. The number of hydrogen-bond donors (Lipinski definition) is 5. The number of amides is 1. The van der Waals surface area contributed by atoms with Gasteiger partial charge in [0.25, 0.3) is 0 Å². The minimum atomic E-state index is -0.932. The summed E-state index contributed by atoms with van der Waals surface area (Å²) in [5, 5.41) is 29.7. The van der Waals surface area contributed by atoms with E-state index >= 15 is 0 Å². The van der Waals surface area contributed by atoms with Crippen molar-refractivity contribution >= 4 is 5.91 Å². The third-order valence-corrected chi connectivity index (χ3v) is 3.46. The van der Waals surface area contributed by atoms with Crippen LogP contribution in [0.1, 0.15) is 39.5 Å². The molecule has 1 aliphatic rings. The topological polar surface area (TPSA) is 144 Å². The zero-order chi connectivity index (χ0) is 20.9. The Kier molecular flexibility index (Phi) is 22.6. The molecule has 1 heterocycles. The van der Waals surface area contributed by atoms with Crippen LogP contribution in [0.5, 0.6) is 0 Å². The van der Waals surface area contributed by atoms with Gasteiger partial charge < -0.3 is 40.6 Å². The van der Waals surface area contributed by atoms with Gasteiger partial charge in [-0.25, -0.2) is 0 Å². The highest BCUT2D eigenvalue weighted by Gasteiger charge is 2.30. The Labute approximate surface area is 163 Å². The van der Waals surface area contributed by atoms with E-state index in [1.807, 2.05) is 7.05 Å². The first-order valence-electron chi connectivity index (χ1n) is 9.55. The number of nitrogens with two attached hydrogens (primary N) is 1. The van der Waals surface area contributed by atoms with Crippen molar-refractivity contribution in [1.29, 1.82) is 0 Å². The van der Waals surface area contributed by atoms with Crippen LogP contribution in [-0.2, 0) is 19.0 Å². The maximum atomic E-state index is 9.22. The fraction of sp³-hybridized carbons (Fsp3) is 0.944. The van der Waals surface area contributed by atoms with E-state index in [0.29, 0.717) is 19.6 Å². The second kappa shape index (κ2) is 21.5. The molecule has 0 aliphatic carbocycles. The third kappa shape index (κ3) is 21.3. The summed E-state index contributed by atoms with van der Waals surface area (Å²) < 4.78 is 15.6. The van der Waals surface area contributed by atoms with Crippen LogP contribution in [0.3, 0.4) is 0 Å². The third-order valence-electron chi connectivity index (χ3n) is 3.46. The molecular formula is C18H40N2O7. The average molecular weight is 397 g/mol. The molecule has 1 amide bonds. The van der Waals surface area contributed by atoms with Gasteiger partial charge in [0.15, 0.2) is 0 Å². The van der Waals surface area contributed by atoms with Crippen molar-refractivity contribution in [3.05, 3.63) is 0 Å². The van der Waals surface area contributed by atoms with Gasteiger partial charge >= 0.3 is 0 Å². The molecule has 9 heteroatoms. The zero-order valence-corrected chi connectivity index (χ0v) is 17.1. The summed E-state index contributed by atoms with van der Waals surface area (Å²) in [4.78, 5) is 9.22. The molecule has 1 rings (SSSR count). The number of nitrogens with one attached hydrogen (secondary N) is 1. The quantitative estimate of drug-likeness (QED) is 0.292. The highest BCUT2D eigenvalue weighted by Crippen LogP contribution is 2.13. The second-order valence-corrected chi connectivity index (χ2v) is 6.08. The molecule has 0 aromatic heterocycles. The van der Waals surface area contributed by atoms with Crippen LogP contribution in [0, 0.1) is 0 Å². The Hall–Kier alpha value is -0.810. The number of likely N-dealkylation sites (N-methyl/N-ethyl adjacent to an activating group) is 1. The summed E-state index contributed by atoms with van der Waals surface area (Å²) in [5.41, 5.74) is 4.47. The van der Waals surface area contributed by atoms with Crippen molar-refractivity contribution in [2.75, 3.05) is 53.2 Å². The van der Waals surface area contributed by atoms with Gasteiger partial charge in [0.1, 0.15) is 12.2 Å². The van der Waals surface area contributed by atoms with Gasteiger partial charge in [-0.3, -0.25) is 4.79 Å². The van der Waals surface area contributed by atoms with Gasteiger partial charge in [-0.05, 0) is 19.9 Å². The number of rotatable bonds is 11. The van der Waals surface area contributed by atoms with Gasteiger partial charge in [0.2, 0.25) is 5.91 Å². The summed E-state index contributed by atoms with van der Waals surface area (Å²) in [6.45, 7) is 7.68. The minimum Gasteiger partial charge on any atom is -0.394 e. The Morgan fingerprint density at radius 3 is 2.26 bits per heavy atom. The molecule has 3 unspecified atom stereocenters. The van der Waals surface area contributed by atoms with E-state index in [4.69, 9.17) is 29.5 Å². The molecule has 3 atom stereocenters. The molecule has 164 valence electrons. The minimum absolute atomic E-state index is 0.238. The lowest BCUT2D eigenvalue weighted by Gasteiger charge is -2.30. The Bertz CT molecular complexity index is 308. The molecule has 27 heavy (non-hydrogen) atoms. The fourth-order valence-electron chi connectivity index (χ4n) is 1.97. The molecule has 1 fully saturated rings. The number of primary amides is 1. The van der Waals surface area contributed by atoms with Crippen LogP contribution in [0.4, 0.5) is 0 Å². The van der Waals surface area contributed by atoms with Crippen molar-refractivity contribution in [2.45, 2.75) is 57.8 Å². The van der Waals surface area contributed by atoms with E-state index in [1.54, 1.807) is 0 Å². The van der Waals surface area contributed by atoms with Crippen LogP contribution in [0.15, 0.2) is 0 Å². The van der Waals surface area contributed by atoms with Crippen molar-refractivity contribution in [1.82, 2.24) is 5.32 Å². The first-order valence-corrected chi connectivity index (χ1v) is 9.55. The molecule has 0 aromatic carbocycles. The first-order chi connectivity index (χ1) is 12.9. The van der Waals surface area contributed by atoms with Crippen molar-refractivity contribution in [3.63, 3.8) is 0 Å². The molecule has 0 bridgehead atoms. The molecule has 0 spiro atoms. The van der Waals surface area contributed by atoms with Crippen LogP contribution >= 0.6 is 0 Å². The highest BCUT2D eigenvalue weighted by molar-refractivity contribution is 5.70. The predicted molar refractivity (Wildman–Crippen MR) is 103 cm³/mol. The van der Waals surface area contributed by atoms with Gasteiger partial charge in [0, 0.05) is 26.7 Å². The smallest absolute Gasteiger partial charge is 0.214 e. The molecule has 1 saturated heterocycles. The Morgan fingerprint density at radius 1 is 1.19 bits per heavy atom. The van der Waals surface area contributed by atoms with Gasteiger partial charge in [-0.1, -0.05) is 19.8 Å². The van der Waals surface area contributed by atoms with Gasteiger partial charge in [-0.2, -0.15) is 0 Å². The maximum absolute atomic E-state index is 9.22. The summed E-state index contributed by atoms with van der Waals surface area (Å²) in [5.74, 6) is -0.333. The lowest BCUT2D eigenvalue weighted by atomic mass is 10.0. The normalized spacial score (nSPS) is 21.5. The predicted octanol–water partition coefficient (Wildman–Crippen LogP) is -0.590. The number of aliphatic hydroxyl groups excluding tert-OH is 3. The van der Waals surface area contributed by atoms with Crippen LogP contribution in [0.25, 0.3) is 0 Å². The van der Waals surface area contributed by atoms with E-state index in [9.17, 15) is 4.79 Å². The molecule has 1 aliphatic heterocycles. The fourth-order valence-corrected chi connectivity index (χ4v) is 1.97. The van der Waals surface area contributed by atoms with E-state index in [1.165, 1.54) is 26.2 Å². The largest absolute Gasteiger partial charge is 0.394 e. The molecule has 0 radical (unpaired) electrons. The zero-order valence-electron chi connectivity index (χ0n) is 17.1. The van der Waals surface area contributed by atoms with E-state index in [2.05, 4.69) is 18.0 Å². The molecule has 0 aromatic rings. The summed E-state index contributed by atoms with van der Waals surface area (Å²) in [7, 11) is 1.92.